The lowest BCUT2D eigenvalue weighted by molar-refractivity contribution is -0.388. The third kappa shape index (κ3) is 2.81. The van der Waals surface area contributed by atoms with Gasteiger partial charge in [-0.1, -0.05) is 24.4 Å². The Labute approximate surface area is 128 Å². The molecule has 21 heavy (non-hydrogen) atoms. The smallest absolute Gasteiger partial charge is 0.258 e. The summed E-state index contributed by atoms with van der Waals surface area (Å²) in [6.07, 6.45) is 5.46. The minimum absolute atomic E-state index is 0.133. The number of nitrogens with zero attached hydrogens (tertiary/aromatic N) is 7. The quantitative estimate of drug-likeness (QED) is 0.477. The summed E-state index contributed by atoms with van der Waals surface area (Å²) in [5.74, 6) is 0. The monoisotopic (exact) mass is 327 g/mol. The van der Waals surface area contributed by atoms with Crippen LogP contribution in [0, 0.1) is 10.1 Å². The molecule has 3 rings (SSSR count). The molecule has 0 atom stereocenters. The fourth-order valence-corrected chi connectivity index (χ4v) is 3.44. The molecule has 1 saturated carbocycles. The summed E-state index contributed by atoms with van der Waals surface area (Å²) in [6, 6.07) is 0.235. The van der Waals surface area contributed by atoms with Crippen molar-refractivity contribution in [3.63, 3.8) is 0 Å². The van der Waals surface area contributed by atoms with E-state index in [1.807, 2.05) is 0 Å². The van der Waals surface area contributed by atoms with Gasteiger partial charge in [-0.25, -0.2) is 14.6 Å². The Kier molecular flexibility index (Phi) is 3.97. The van der Waals surface area contributed by atoms with Crippen LogP contribution in [0.2, 0.25) is 5.15 Å². The zero-order chi connectivity index (χ0) is 14.8. The van der Waals surface area contributed by atoms with Gasteiger partial charge in [0.1, 0.15) is 6.33 Å². The molecule has 1 fully saturated rings. The standard InChI is InChI=1S/C10H10ClN7O2S/c11-8-7(18(19)20)9(13-5-12-8)21-10-14-15-16-17(10)6-3-1-2-4-6/h5-6H,1-4H2. The fourth-order valence-electron chi connectivity index (χ4n) is 2.29. The first kappa shape index (κ1) is 14.1. The number of rotatable bonds is 4. The van der Waals surface area contributed by atoms with Crippen molar-refractivity contribution in [2.45, 2.75) is 41.9 Å². The average Bonchev–Trinajstić information content (AvgIpc) is 3.08. The molecule has 0 amide bonds. The van der Waals surface area contributed by atoms with Crippen LogP contribution in [0.3, 0.4) is 0 Å². The van der Waals surface area contributed by atoms with Gasteiger partial charge in [0.2, 0.25) is 10.3 Å². The molecule has 0 spiro atoms. The van der Waals surface area contributed by atoms with E-state index >= 15 is 0 Å². The molecule has 0 bridgehead atoms. The van der Waals surface area contributed by atoms with Crippen LogP contribution in [0.1, 0.15) is 31.7 Å². The lowest BCUT2D eigenvalue weighted by Gasteiger charge is -2.10. The van der Waals surface area contributed by atoms with Crippen LogP contribution in [-0.4, -0.2) is 35.1 Å². The first-order valence-electron chi connectivity index (χ1n) is 6.27. The van der Waals surface area contributed by atoms with E-state index in [-0.39, 0.29) is 21.9 Å². The van der Waals surface area contributed by atoms with Crippen molar-refractivity contribution in [3.05, 3.63) is 21.6 Å². The highest BCUT2D eigenvalue weighted by molar-refractivity contribution is 7.99. The van der Waals surface area contributed by atoms with Crippen LogP contribution < -0.4 is 0 Å². The summed E-state index contributed by atoms with van der Waals surface area (Å²) >= 11 is 6.79. The van der Waals surface area contributed by atoms with Crippen LogP contribution in [0.25, 0.3) is 0 Å². The van der Waals surface area contributed by atoms with Gasteiger partial charge in [0.25, 0.3) is 0 Å². The van der Waals surface area contributed by atoms with Crippen molar-refractivity contribution in [1.82, 2.24) is 30.2 Å². The van der Waals surface area contributed by atoms with E-state index in [4.69, 9.17) is 11.6 Å². The van der Waals surface area contributed by atoms with Crippen LogP contribution in [0.5, 0.6) is 0 Å². The molecule has 2 aromatic rings. The Bertz CT molecular complexity index is 673. The highest BCUT2D eigenvalue weighted by Crippen LogP contribution is 2.37. The normalized spacial score (nSPS) is 15.5. The summed E-state index contributed by atoms with van der Waals surface area (Å²) in [5.41, 5.74) is -0.329. The number of tetrazole rings is 1. The van der Waals surface area contributed by atoms with Crippen LogP contribution in [0.15, 0.2) is 16.5 Å². The second-order valence-corrected chi connectivity index (χ2v) is 5.84. The van der Waals surface area contributed by atoms with Gasteiger partial charge in [-0.2, -0.15) is 0 Å². The number of hydrogen-bond donors (Lipinski definition) is 0. The lowest BCUT2D eigenvalue weighted by Crippen LogP contribution is -2.08. The van der Waals surface area contributed by atoms with E-state index in [2.05, 4.69) is 25.5 Å². The Morgan fingerprint density at radius 2 is 2.14 bits per heavy atom. The summed E-state index contributed by atoms with van der Waals surface area (Å²) in [4.78, 5) is 18.0. The van der Waals surface area contributed by atoms with Crippen LogP contribution in [0.4, 0.5) is 5.69 Å². The van der Waals surface area contributed by atoms with Gasteiger partial charge < -0.3 is 0 Å². The molecule has 1 aliphatic carbocycles. The Balaban J connectivity index is 1.93. The van der Waals surface area contributed by atoms with E-state index in [0.29, 0.717) is 5.16 Å². The molecule has 0 radical (unpaired) electrons. The molecule has 0 aliphatic heterocycles. The Morgan fingerprint density at radius 3 is 2.86 bits per heavy atom. The minimum Gasteiger partial charge on any atom is -0.258 e. The van der Waals surface area contributed by atoms with Crippen molar-refractivity contribution in [2.24, 2.45) is 0 Å². The third-order valence-electron chi connectivity index (χ3n) is 3.25. The van der Waals surface area contributed by atoms with E-state index in [0.717, 1.165) is 37.4 Å². The molecule has 0 unspecified atom stereocenters. The number of nitro groups is 1. The number of aromatic nitrogens is 6. The maximum Gasteiger partial charge on any atom is 0.338 e. The predicted molar refractivity (Wildman–Crippen MR) is 73.1 cm³/mol. The first-order valence-corrected chi connectivity index (χ1v) is 7.47. The van der Waals surface area contributed by atoms with Crippen molar-refractivity contribution >= 4 is 29.1 Å². The maximum absolute atomic E-state index is 11.1. The van der Waals surface area contributed by atoms with Gasteiger partial charge in [0.15, 0.2) is 5.03 Å². The van der Waals surface area contributed by atoms with Crippen molar-refractivity contribution in [2.75, 3.05) is 0 Å². The molecule has 110 valence electrons. The molecular formula is C10H10ClN7O2S. The molecule has 0 N–H and O–H groups in total. The fraction of sp³-hybridized carbons (Fsp3) is 0.500. The van der Waals surface area contributed by atoms with Gasteiger partial charge in [0.05, 0.1) is 11.0 Å². The molecule has 0 aromatic carbocycles. The summed E-state index contributed by atoms with van der Waals surface area (Å²) in [5, 5.41) is 23.1. The number of halogens is 1. The van der Waals surface area contributed by atoms with E-state index in [1.165, 1.54) is 6.33 Å². The van der Waals surface area contributed by atoms with E-state index in [9.17, 15) is 10.1 Å². The molecule has 0 saturated heterocycles. The summed E-state index contributed by atoms with van der Waals surface area (Å²) in [7, 11) is 0. The predicted octanol–water partition coefficient (Wildman–Crippen LogP) is 2.29. The van der Waals surface area contributed by atoms with E-state index in [1.54, 1.807) is 4.68 Å². The van der Waals surface area contributed by atoms with Crippen LogP contribution >= 0.6 is 23.4 Å². The highest BCUT2D eigenvalue weighted by atomic mass is 35.5. The summed E-state index contributed by atoms with van der Waals surface area (Å²) < 4.78 is 1.71. The van der Waals surface area contributed by atoms with Gasteiger partial charge in [0, 0.05) is 0 Å². The number of hydrogen-bond acceptors (Lipinski definition) is 8. The van der Waals surface area contributed by atoms with Crippen molar-refractivity contribution in [1.29, 1.82) is 0 Å². The van der Waals surface area contributed by atoms with Gasteiger partial charge in [-0.3, -0.25) is 10.1 Å². The molecule has 11 heteroatoms. The second kappa shape index (κ2) is 5.90. The average molecular weight is 328 g/mol. The topological polar surface area (TPSA) is 113 Å². The zero-order valence-corrected chi connectivity index (χ0v) is 12.3. The molecular weight excluding hydrogens is 318 g/mol. The highest BCUT2D eigenvalue weighted by Gasteiger charge is 2.27. The largest absolute Gasteiger partial charge is 0.338 e. The SMILES string of the molecule is O=[N+]([O-])c1c(Cl)ncnc1Sc1nnnn1C1CCCC1. The van der Waals surface area contributed by atoms with Crippen molar-refractivity contribution < 1.29 is 4.92 Å². The van der Waals surface area contributed by atoms with Gasteiger partial charge in [-0.05, 0) is 35.0 Å². The molecule has 1 aliphatic rings. The zero-order valence-electron chi connectivity index (χ0n) is 10.7. The summed E-state index contributed by atoms with van der Waals surface area (Å²) in [6.45, 7) is 0. The van der Waals surface area contributed by atoms with Gasteiger partial charge in [-0.15, -0.1) is 5.10 Å². The lowest BCUT2D eigenvalue weighted by atomic mass is 10.3. The second-order valence-electron chi connectivity index (χ2n) is 4.52. The van der Waals surface area contributed by atoms with Crippen LogP contribution in [-0.2, 0) is 0 Å². The maximum atomic E-state index is 11.1. The first-order chi connectivity index (χ1) is 10.2. The Morgan fingerprint density at radius 1 is 1.38 bits per heavy atom. The molecule has 9 nitrogen and oxygen atoms in total. The van der Waals surface area contributed by atoms with E-state index < -0.39 is 4.92 Å². The van der Waals surface area contributed by atoms with Crippen molar-refractivity contribution in [3.8, 4) is 0 Å². The third-order valence-corrected chi connectivity index (χ3v) is 4.47. The van der Waals surface area contributed by atoms with Gasteiger partial charge >= 0.3 is 5.69 Å². The molecule has 2 heterocycles. The Hall–Kier alpha value is -1.81. The molecule has 2 aromatic heterocycles. The minimum atomic E-state index is -0.603.